The molecule has 0 aliphatic rings. The molecule has 1 aromatic rings. The molecular formula is C12H21N3O3S2. The van der Waals surface area contributed by atoms with Crippen molar-refractivity contribution in [1.82, 2.24) is 10.2 Å². The van der Waals surface area contributed by atoms with Gasteiger partial charge in [-0.05, 0) is 20.3 Å². The third-order valence-electron chi connectivity index (χ3n) is 2.76. The fourth-order valence-electron chi connectivity index (χ4n) is 1.44. The first-order valence-corrected chi connectivity index (χ1v) is 9.22. The summed E-state index contributed by atoms with van der Waals surface area (Å²) in [7, 11) is -3.38. The Kier molecular flexibility index (Phi) is 6.54. The average molecular weight is 319 g/mol. The van der Waals surface area contributed by atoms with Crippen LogP contribution < -0.4 is 5.32 Å². The van der Waals surface area contributed by atoms with Gasteiger partial charge in [0.15, 0.2) is 9.84 Å². The molecule has 1 heterocycles. The Balaban J connectivity index is 2.51. The normalized spacial score (nSPS) is 11.8. The first-order chi connectivity index (χ1) is 9.35. The molecule has 0 bridgehead atoms. The molecule has 0 saturated heterocycles. The zero-order valence-electron chi connectivity index (χ0n) is 12.0. The first kappa shape index (κ1) is 17.0. The van der Waals surface area contributed by atoms with E-state index < -0.39 is 26.7 Å². The monoisotopic (exact) mass is 319 g/mol. The minimum atomic E-state index is -3.38. The number of aryl methyl sites for hydroxylation is 1. The highest BCUT2D eigenvalue weighted by Crippen LogP contribution is 2.17. The van der Waals surface area contributed by atoms with E-state index in [1.165, 1.54) is 11.3 Å². The molecular weight excluding hydrogens is 298 g/mol. The highest BCUT2D eigenvalue weighted by Gasteiger charge is 2.21. The topological polar surface area (TPSA) is 89.0 Å². The number of nitrogens with zero attached hydrogens (tertiary/aromatic N) is 2. The molecule has 8 heteroatoms. The van der Waals surface area contributed by atoms with Crippen LogP contribution in [0.25, 0.3) is 0 Å². The van der Waals surface area contributed by atoms with Crippen molar-refractivity contribution in [3.05, 3.63) is 5.01 Å². The summed E-state index contributed by atoms with van der Waals surface area (Å²) in [5.41, 5.74) is 0. The molecule has 0 spiro atoms. The first-order valence-electron chi connectivity index (χ1n) is 6.69. The summed E-state index contributed by atoms with van der Waals surface area (Å²) >= 11 is 1.30. The van der Waals surface area contributed by atoms with Gasteiger partial charge in [0.05, 0.1) is 5.25 Å². The van der Waals surface area contributed by atoms with E-state index in [1.54, 1.807) is 13.8 Å². The second-order valence-electron chi connectivity index (χ2n) is 4.86. The third kappa shape index (κ3) is 5.54. The van der Waals surface area contributed by atoms with Crippen molar-refractivity contribution in [2.75, 3.05) is 11.1 Å². The number of unbranched alkanes of at least 4 members (excludes halogenated alkanes) is 2. The van der Waals surface area contributed by atoms with Crippen molar-refractivity contribution < 1.29 is 13.2 Å². The summed E-state index contributed by atoms with van der Waals surface area (Å²) in [6.45, 7) is 5.24. The van der Waals surface area contributed by atoms with Crippen molar-refractivity contribution in [3.8, 4) is 0 Å². The van der Waals surface area contributed by atoms with Crippen molar-refractivity contribution >= 4 is 32.2 Å². The second kappa shape index (κ2) is 7.68. The number of aromatic nitrogens is 2. The van der Waals surface area contributed by atoms with E-state index in [9.17, 15) is 13.2 Å². The Morgan fingerprint density at radius 1 is 1.30 bits per heavy atom. The zero-order chi connectivity index (χ0) is 15.2. The predicted octanol–water partition coefficient (Wildman–Crippen LogP) is 2.03. The Morgan fingerprint density at radius 2 is 2.00 bits per heavy atom. The van der Waals surface area contributed by atoms with Crippen LogP contribution in [0, 0.1) is 0 Å². The average Bonchev–Trinajstić information content (AvgIpc) is 2.76. The van der Waals surface area contributed by atoms with E-state index in [1.807, 2.05) is 0 Å². The number of sulfone groups is 1. The lowest BCUT2D eigenvalue weighted by Crippen LogP contribution is -2.27. The van der Waals surface area contributed by atoms with Crippen LogP contribution in [0.4, 0.5) is 5.13 Å². The molecule has 20 heavy (non-hydrogen) atoms. The summed E-state index contributed by atoms with van der Waals surface area (Å²) in [6, 6.07) is 0. The molecule has 0 fully saturated rings. The highest BCUT2D eigenvalue weighted by molar-refractivity contribution is 7.92. The molecule has 1 amide bonds. The fourth-order valence-corrected chi connectivity index (χ4v) is 3.00. The van der Waals surface area contributed by atoms with E-state index in [0.717, 1.165) is 30.7 Å². The number of hydrogen-bond donors (Lipinski definition) is 1. The number of hydrogen-bond acceptors (Lipinski definition) is 6. The summed E-state index contributed by atoms with van der Waals surface area (Å²) in [6.07, 6.45) is 4.15. The molecule has 0 radical (unpaired) electrons. The van der Waals surface area contributed by atoms with Gasteiger partial charge in [0.1, 0.15) is 10.8 Å². The number of anilines is 1. The number of amides is 1. The van der Waals surface area contributed by atoms with E-state index in [2.05, 4.69) is 22.4 Å². The van der Waals surface area contributed by atoms with Gasteiger partial charge in [-0.15, -0.1) is 10.2 Å². The Bertz CT molecular complexity index is 538. The van der Waals surface area contributed by atoms with Gasteiger partial charge in [0.25, 0.3) is 0 Å². The minimum absolute atomic E-state index is 0.362. The van der Waals surface area contributed by atoms with Crippen molar-refractivity contribution in [2.45, 2.75) is 51.7 Å². The maximum atomic E-state index is 11.7. The maximum Gasteiger partial charge on any atom is 0.241 e. The molecule has 1 N–H and O–H groups in total. The van der Waals surface area contributed by atoms with E-state index in [4.69, 9.17) is 0 Å². The number of nitrogens with one attached hydrogen (secondary N) is 1. The van der Waals surface area contributed by atoms with Crippen LogP contribution in [0.1, 0.15) is 45.0 Å². The van der Waals surface area contributed by atoms with Crippen LogP contribution in [0.15, 0.2) is 0 Å². The van der Waals surface area contributed by atoms with Crippen LogP contribution in [0.3, 0.4) is 0 Å². The van der Waals surface area contributed by atoms with Gasteiger partial charge in [-0.25, -0.2) is 8.42 Å². The summed E-state index contributed by atoms with van der Waals surface area (Å²) in [5.74, 6) is -1.08. The molecule has 0 aromatic carbocycles. The Labute approximate surface area is 123 Å². The zero-order valence-corrected chi connectivity index (χ0v) is 13.7. The maximum absolute atomic E-state index is 11.7. The summed E-state index contributed by atoms with van der Waals surface area (Å²) in [5, 5.41) is 11.0. The standard InChI is InChI=1S/C12H21N3O3S2/c1-4-5-6-7-11-14-15-12(19-11)13-10(16)8-20(17,18)9(2)3/h9H,4-8H2,1-3H3,(H,13,15,16). The van der Waals surface area contributed by atoms with Crippen LogP contribution in [0.5, 0.6) is 0 Å². The molecule has 114 valence electrons. The Hall–Kier alpha value is -1.02. The van der Waals surface area contributed by atoms with Crippen molar-refractivity contribution in [1.29, 1.82) is 0 Å². The minimum Gasteiger partial charge on any atom is -0.300 e. The fraction of sp³-hybridized carbons (Fsp3) is 0.750. The van der Waals surface area contributed by atoms with Crippen molar-refractivity contribution in [2.24, 2.45) is 0 Å². The van der Waals surface area contributed by atoms with E-state index in [-0.39, 0.29) is 0 Å². The van der Waals surface area contributed by atoms with Gasteiger partial charge < -0.3 is 0 Å². The molecule has 0 unspecified atom stereocenters. The van der Waals surface area contributed by atoms with Gasteiger partial charge in [0, 0.05) is 6.42 Å². The van der Waals surface area contributed by atoms with Crippen molar-refractivity contribution in [3.63, 3.8) is 0 Å². The van der Waals surface area contributed by atoms with Gasteiger partial charge in [-0.2, -0.15) is 0 Å². The number of carbonyl (C=O) groups is 1. The second-order valence-corrected chi connectivity index (χ2v) is 8.48. The smallest absolute Gasteiger partial charge is 0.241 e. The quantitative estimate of drug-likeness (QED) is 0.741. The lowest BCUT2D eigenvalue weighted by atomic mass is 10.2. The van der Waals surface area contributed by atoms with Gasteiger partial charge >= 0.3 is 0 Å². The van der Waals surface area contributed by atoms with Crippen LogP contribution in [-0.4, -0.2) is 35.5 Å². The van der Waals surface area contributed by atoms with Gasteiger partial charge in [-0.1, -0.05) is 31.1 Å². The molecule has 0 aliphatic heterocycles. The number of rotatable bonds is 8. The highest BCUT2D eigenvalue weighted by atomic mass is 32.2. The van der Waals surface area contributed by atoms with Gasteiger partial charge in [-0.3, -0.25) is 10.1 Å². The van der Waals surface area contributed by atoms with E-state index >= 15 is 0 Å². The SMILES string of the molecule is CCCCCc1nnc(NC(=O)CS(=O)(=O)C(C)C)s1. The number of carbonyl (C=O) groups excluding carboxylic acids is 1. The van der Waals surface area contributed by atoms with E-state index in [0.29, 0.717) is 5.13 Å². The van der Waals surface area contributed by atoms with Crippen LogP contribution in [0.2, 0.25) is 0 Å². The largest absolute Gasteiger partial charge is 0.300 e. The summed E-state index contributed by atoms with van der Waals surface area (Å²) < 4.78 is 23.2. The molecule has 1 rings (SSSR count). The summed E-state index contributed by atoms with van der Waals surface area (Å²) in [4.78, 5) is 11.7. The molecule has 6 nitrogen and oxygen atoms in total. The van der Waals surface area contributed by atoms with Crippen LogP contribution in [-0.2, 0) is 21.1 Å². The lowest BCUT2D eigenvalue weighted by molar-refractivity contribution is -0.113. The molecule has 0 atom stereocenters. The molecule has 1 aromatic heterocycles. The molecule has 0 saturated carbocycles. The predicted molar refractivity (Wildman–Crippen MR) is 80.7 cm³/mol. The van der Waals surface area contributed by atoms with Crippen LogP contribution >= 0.6 is 11.3 Å². The van der Waals surface area contributed by atoms with Gasteiger partial charge in [0.2, 0.25) is 11.0 Å². The lowest BCUT2D eigenvalue weighted by Gasteiger charge is -2.06. The molecule has 0 aliphatic carbocycles. The third-order valence-corrected chi connectivity index (χ3v) is 5.76. The Morgan fingerprint density at radius 3 is 2.60 bits per heavy atom.